The van der Waals surface area contributed by atoms with E-state index in [1.165, 1.54) is 34.6 Å². The molecule has 0 aromatic carbocycles. The molecule has 0 aliphatic heterocycles. The molecule has 2 rings (SSSR count). The van der Waals surface area contributed by atoms with Crippen LogP contribution in [0.1, 0.15) is 26.5 Å². The standard InChI is InChI=1S/C12H11N3O3S/c1-15(5-9-6-19-7-14-9)11(16)8-2-3-13-10(4-8)12(17)18/h2-4,6-7H,5H2,1H3,(H,17,18). The maximum atomic E-state index is 12.1. The summed E-state index contributed by atoms with van der Waals surface area (Å²) in [6, 6.07) is 2.76. The molecule has 0 unspecified atom stereocenters. The molecule has 1 amide bonds. The quantitative estimate of drug-likeness (QED) is 0.915. The maximum Gasteiger partial charge on any atom is 0.354 e. The zero-order valence-corrected chi connectivity index (χ0v) is 10.9. The molecule has 7 heteroatoms. The van der Waals surface area contributed by atoms with Gasteiger partial charge >= 0.3 is 5.97 Å². The number of thiazole rings is 1. The summed E-state index contributed by atoms with van der Waals surface area (Å²) in [7, 11) is 1.64. The van der Waals surface area contributed by atoms with Gasteiger partial charge in [-0.1, -0.05) is 0 Å². The van der Waals surface area contributed by atoms with Crippen molar-refractivity contribution in [1.29, 1.82) is 0 Å². The van der Waals surface area contributed by atoms with Gasteiger partial charge in [0.25, 0.3) is 5.91 Å². The minimum Gasteiger partial charge on any atom is -0.477 e. The van der Waals surface area contributed by atoms with Crippen molar-refractivity contribution in [2.45, 2.75) is 6.54 Å². The Labute approximate surface area is 113 Å². The van der Waals surface area contributed by atoms with Crippen LogP contribution in [0.15, 0.2) is 29.2 Å². The molecule has 0 bridgehead atoms. The minimum absolute atomic E-state index is 0.145. The molecule has 2 aromatic rings. The second kappa shape index (κ2) is 5.57. The highest BCUT2D eigenvalue weighted by Crippen LogP contribution is 2.09. The van der Waals surface area contributed by atoms with Crippen molar-refractivity contribution in [3.63, 3.8) is 0 Å². The number of hydrogen-bond acceptors (Lipinski definition) is 5. The Hall–Kier alpha value is -2.28. The first-order valence-electron chi connectivity index (χ1n) is 5.40. The van der Waals surface area contributed by atoms with Gasteiger partial charge in [0.15, 0.2) is 0 Å². The molecule has 98 valence electrons. The van der Waals surface area contributed by atoms with E-state index in [0.717, 1.165) is 5.69 Å². The molecule has 0 atom stereocenters. The number of carboxylic acid groups (broad SMARTS) is 1. The number of carbonyl (C=O) groups is 2. The fourth-order valence-corrected chi connectivity index (χ4v) is 2.08. The lowest BCUT2D eigenvalue weighted by molar-refractivity contribution is 0.0690. The number of carboxylic acids is 1. The monoisotopic (exact) mass is 277 g/mol. The van der Waals surface area contributed by atoms with Crippen LogP contribution in [0, 0.1) is 0 Å². The molecule has 0 saturated heterocycles. The van der Waals surface area contributed by atoms with Gasteiger partial charge in [-0.15, -0.1) is 11.3 Å². The van der Waals surface area contributed by atoms with E-state index in [4.69, 9.17) is 5.11 Å². The first kappa shape index (κ1) is 13.2. The highest BCUT2D eigenvalue weighted by molar-refractivity contribution is 7.07. The Balaban J connectivity index is 2.14. The largest absolute Gasteiger partial charge is 0.477 e. The fraction of sp³-hybridized carbons (Fsp3) is 0.167. The van der Waals surface area contributed by atoms with E-state index < -0.39 is 5.97 Å². The molecule has 2 heterocycles. The van der Waals surface area contributed by atoms with Gasteiger partial charge < -0.3 is 10.0 Å². The average Bonchev–Trinajstić information content (AvgIpc) is 2.90. The molecule has 0 radical (unpaired) electrons. The Kier molecular flexibility index (Phi) is 3.86. The van der Waals surface area contributed by atoms with Gasteiger partial charge in [0, 0.05) is 24.2 Å². The summed E-state index contributed by atoms with van der Waals surface area (Å²) in [5.74, 6) is -1.42. The van der Waals surface area contributed by atoms with E-state index in [1.807, 2.05) is 5.38 Å². The van der Waals surface area contributed by atoms with E-state index in [9.17, 15) is 9.59 Å². The van der Waals surface area contributed by atoms with Gasteiger partial charge in [-0.25, -0.2) is 14.8 Å². The third kappa shape index (κ3) is 3.14. The second-order valence-corrected chi connectivity index (χ2v) is 4.59. The van der Waals surface area contributed by atoms with Gasteiger partial charge in [-0.05, 0) is 12.1 Å². The number of carbonyl (C=O) groups excluding carboxylic acids is 1. The van der Waals surface area contributed by atoms with Crippen LogP contribution in [0.4, 0.5) is 0 Å². The van der Waals surface area contributed by atoms with Gasteiger partial charge in [0.05, 0.1) is 17.7 Å². The molecule has 0 fully saturated rings. The van der Waals surface area contributed by atoms with E-state index in [1.54, 1.807) is 12.6 Å². The highest BCUT2D eigenvalue weighted by Gasteiger charge is 2.15. The number of amides is 1. The summed E-state index contributed by atoms with van der Waals surface area (Å²) in [6.07, 6.45) is 1.31. The topological polar surface area (TPSA) is 83.4 Å². The molecule has 0 aliphatic rings. The van der Waals surface area contributed by atoms with Gasteiger partial charge in [0.2, 0.25) is 0 Å². The summed E-state index contributed by atoms with van der Waals surface area (Å²) in [4.78, 5) is 32.2. The average molecular weight is 277 g/mol. The van der Waals surface area contributed by atoms with Crippen LogP contribution < -0.4 is 0 Å². The van der Waals surface area contributed by atoms with Gasteiger partial charge in [0.1, 0.15) is 5.69 Å². The van der Waals surface area contributed by atoms with E-state index in [0.29, 0.717) is 12.1 Å². The molecule has 0 aliphatic carbocycles. The van der Waals surface area contributed by atoms with Crippen molar-refractivity contribution in [2.24, 2.45) is 0 Å². The van der Waals surface area contributed by atoms with Crippen LogP contribution in [0.2, 0.25) is 0 Å². The van der Waals surface area contributed by atoms with Crippen LogP contribution in [0.25, 0.3) is 0 Å². The lowest BCUT2D eigenvalue weighted by Crippen LogP contribution is -2.26. The summed E-state index contributed by atoms with van der Waals surface area (Å²) < 4.78 is 0. The molecule has 0 saturated carbocycles. The SMILES string of the molecule is CN(Cc1cscn1)C(=O)c1ccnc(C(=O)O)c1. The van der Waals surface area contributed by atoms with Crippen LogP contribution >= 0.6 is 11.3 Å². The van der Waals surface area contributed by atoms with Crippen molar-refractivity contribution in [2.75, 3.05) is 7.05 Å². The Bertz CT molecular complexity index is 598. The van der Waals surface area contributed by atoms with Crippen molar-refractivity contribution in [3.8, 4) is 0 Å². The summed E-state index contributed by atoms with van der Waals surface area (Å²) >= 11 is 1.46. The van der Waals surface area contributed by atoms with Crippen LogP contribution in [-0.4, -0.2) is 38.9 Å². The van der Waals surface area contributed by atoms with Crippen molar-refractivity contribution in [1.82, 2.24) is 14.9 Å². The molecule has 19 heavy (non-hydrogen) atoms. The molecular weight excluding hydrogens is 266 g/mol. The molecule has 2 aromatic heterocycles. The number of nitrogens with zero attached hydrogens (tertiary/aromatic N) is 3. The number of pyridine rings is 1. The number of aromatic carboxylic acids is 1. The predicted molar refractivity (Wildman–Crippen MR) is 69.1 cm³/mol. The molecule has 0 spiro atoms. The van der Waals surface area contributed by atoms with Gasteiger partial charge in [-0.2, -0.15) is 0 Å². The third-order valence-corrected chi connectivity index (χ3v) is 3.09. The molecular formula is C12H11N3O3S. The van der Waals surface area contributed by atoms with E-state index in [-0.39, 0.29) is 11.6 Å². The lowest BCUT2D eigenvalue weighted by atomic mass is 10.2. The highest BCUT2D eigenvalue weighted by atomic mass is 32.1. The first-order valence-corrected chi connectivity index (χ1v) is 6.34. The van der Waals surface area contributed by atoms with Crippen LogP contribution in [-0.2, 0) is 6.54 Å². The van der Waals surface area contributed by atoms with Crippen molar-refractivity contribution >= 4 is 23.2 Å². The zero-order valence-electron chi connectivity index (χ0n) is 10.1. The third-order valence-electron chi connectivity index (χ3n) is 2.46. The normalized spacial score (nSPS) is 10.2. The maximum absolute atomic E-state index is 12.1. The molecule has 6 nitrogen and oxygen atoms in total. The summed E-state index contributed by atoms with van der Waals surface area (Å²) in [5, 5.41) is 10.7. The van der Waals surface area contributed by atoms with Crippen LogP contribution in [0.5, 0.6) is 0 Å². The molecule has 1 N–H and O–H groups in total. The predicted octanol–water partition coefficient (Wildman–Crippen LogP) is 1.51. The van der Waals surface area contributed by atoms with E-state index >= 15 is 0 Å². The Morgan fingerprint density at radius 3 is 2.84 bits per heavy atom. The summed E-state index contributed by atoms with van der Waals surface area (Å²) in [6.45, 7) is 0.382. The zero-order chi connectivity index (χ0) is 13.8. The van der Waals surface area contributed by atoms with E-state index in [2.05, 4.69) is 9.97 Å². The number of rotatable bonds is 4. The first-order chi connectivity index (χ1) is 9.08. The van der Waals surface area contributed by atoms with Crippen molar-refractivity contribution in [3.05, 3.63) is 46.2 Å². The van der Waals surface area contributed by atoms with Crippen molar-refractivity contribution < 1.29 is 14.7 Å². The second-order valence-electron chi connectivity index (χ2n) is 3.88. The summed E-state index contributed by atoms with van der Waals surface area (Å²) in [5.41, 5.74) is 2.65. The van der Waals surface area contributed by atoms with Crippen LogP contribution in [0.3, 0.4) is 0 Å². The number of hydrogen-bond donors (Lipinski definition) is 1. The number of aromatic nitrogens is 2. The Morgan fingerprint density at radius 1 is 1.42 bits per heavy atom. The fourth-order valence-electron chi connectivity index (χ4n) is 1.53. The Morgan fingerprint density at radius 2 is 2.21 bits per heavy atom. The smallest absolute Gasteiger partial charge is 0.354 e. The van der Waals surface area contributed by atoms with Gasteiger partial charge in [-0.3, -0.25) is 4.79 Å². The lowest BCUT2D eigenvalue weighted by Gasteiger charge is -2.15. The minimum atomic E-state index is -1.16.